The van der Waals surface area contributed by atoms with Crippen LogP contribution >= 0.6 is 0 Å². The van der Waals surface area contributed by atoms with Crippen molar-refractivity contribution in [3.8, 4) is 5.75 Å². The van der Waals surface area contributed by atoms with Crippen LogP contribution in [0.4, 0.5) is 0 Å². The molecule has 1 atom stereocenters. The van der Waals surface area contributed by atoms with E-state index in [1.165, 1.54) is 24.0 Å². The Morgan fingerprint density at radius 3 is 2.69 bits per heavy atom. The second-order valence-electron chi connectivity index (χ2n) is 4.58. The predicted octanol–water partition coefficient (Wildman–Crippen LogP) is 2.76. The SMILES string of the molecule is NC1C=C(Cc2ccc(O)cc2)CCCC1. The van der Waals surface area contributed by atoms with Crippen molar-refractivity contribution in [1.29, 1.82) is 0 Å². The van der Waals surface area contributed by atoms with Gasteiger partial charge < -0.3 is 10.8 Å². The van der Waals surface area contributed by atoms with Crippen LogP contribution in [0.1, 0.15) is 31.2 Å². The second kappa shape index (κ2) is 5.17. The van der Waals surface area contributed by atoms with Crippen molar-refractivity contribution in [2.24, 2.45) is 5.73 Å². The Morgan fingerprint density at radius 2 is 1.94 bits per heavy atom. The summed E-state index contributed by atoms with van der Waals surface area (Å²) in [5.74, 6) is 0.329. The topological polar surface area (TPSA) is 46.2 Å². The zero-order valence-electron chi connectivity index (χ0n) is 9.52. The molecule has 0 amide bonds. The van der Waals surface area contributed by atoms with E-state index in [1.54, 1.807) is 12.1 Å². The second-order valence-corrected chi connectivity index (χ2v) is 4.58. The normalized spacial score (nSPS) is 21.3. The number of phenols is 1. The molecule has 0 radical (unpaired) electrons. The predicted molar refractivity (Wildman–Crippen MR) is 66.3 cm³/mol. The fourth-order valence-electron chi connectivity index (χ4n) is 2.22. The highest BCUT2D eigenvalue weighted by Crippen LogP contribution is 2.21. The Labute approximate surface area is 96.8 Å². The molecular formula is C14H19NO. The average molecular weight is 217 g/mol. The first-order valence-electron chi connectivity index (χ1n) is 5.97. The molecule has 1 aromatic carbocycles. The molecule has 0 heterocycles. The van der Waals surface area contributed by atoms with Crippen molar-refractivity contribution in [2.45, 2.75) is 38.1 Å². The van der Waals surface area contributed by atoms with E-state index in [-0.39, 0.29) is 6.04 Å². The first-order chi connectivity index (χ1) is 7.74. The summed E-state index contributed by atoms with van der Waals surface area (Å²) < 4.78 is 0. The number of hydrogen-bond acceptors (Lipinski definition) is 2. The van der Waals surface area contributed by atoms with E-state index in [0.717, 1.165) is 19.3 Å². The quantitative estimate of drug-likeness (QED) is 0.748. The van der Waals surface area contributed by atoms with Crippen molar-refractivity contribution in [1.82, 2.24) is 0 Å². The van der Waals surface area contributed by atoms with E-state index >= 15 is 0 Å². The molecule has 2 nitrogen and oxygen atoms in total. The minimum absolute atomic E-state index is 0.231. The molecule has 2 rings (SSSR count). The Morgan fingerprint density at radius 1 is 1.19 bits per heavy atom. The summed E-state index contributed by atoms with van der Waals surface area (Å²) in [6.07, 6.45) is 7.94. The Bertz CT molecular complexity index is 367. The van der Waals surface area contributed by atoms with Crippen LogP contribution in [0.2, 0.25) is 0 Å². The lowest BCUT2D eigenvalue weighted by molar-refractivity contribution is 0.475. The molecule has 0 bridgehead atoms. The lowest BCUT2D eigenvalue weighted by atomic mass is 10.0. The zero-order chi connectivity index (χ0) is 11.4. The number of benzene rings is 1. The summed E-state index contributed by atoms with van der Waals surface area (Å²) in [4.78, 5) is 0. The van der Waals surface area contributed by atoms with Crippen LogP contribution in [-0.4, -0.2) is 11.1 Å². The molecule has 1 aliphatic rings. The van der Waals surface area contributed by atoms with E-state index in [9.17, 15) is 5.11 Å². The van der Waals surface area contributed by atoms with E-state index in [0.29, 0.717) is 5.75 Å². The number of allylic oxidation sites excluding steroid dienone is 1. The number of phenolic OH excluding ortho intramolecular Hbond substituents is 1. The van der Waals surface area contributed by atoms with Crippen molar-refractivity contribution >= 4 is 0 Å². The van der Waals surface area contributed by atoms with Crippen molar-refractivity contribution in [3.63, 3.8) is 0 Å². The van der Waals surface area contributed by atoms with Crippen LogP contribution in [0.5, 0.6) is 5.75 Å². The van der Waals surface area contributed by atoms with E-state index in [4.69, 9.17) is 5.73 Å². The lowest BCUT2D eigenvalue weighted by Crippen LogP contribution is -2.16. The van der Waals surface area contributed by atoms with Crippen molar-refractivity contribution in [2.75, 3.05) is 0 Å². The molecule has 1 unspecified atom stereocenters. The maximum Gasteiger partial charge on any atom is 0.115 e. The zero-order valence-corrected chi connectivity index (χ0v) is 9.52. The Hall–Kier alpha value is -1.28. The number of rotatable bonds is 2. The molecule has 1 aromatic rings. The van der Waals surface area contributed by atoms with Gasteiger partial charge >= 0.3 is 0 Å². The van der Waals surface area contributed by atoms with E-state index < -0.39 is 0 Å². The molecule has 0 spiro atoms. The maximum atomic E-state index is 9.21. The van der Waals surface area contributed by atoms with E-state index in [2.05, 4.69) is 6.08 Å². The van der Waals surface area contributed by atoms with Gasteiger partial charge in [-0.3, -0.25) is 0 Å². The number of nitrogens with two attached hydrogens (primary N) is 1. The molecule has 0 aliphatic heterocycles. The maximum absolute atomic E-state index is 9.21. The molecule has 0 aromatic heterocycles. The first kappa shape index (κ1) is 11.2. The third-order valence-electron chi connectivity index (χ3n) is 3.10. The van der Waals surface area contributed by atoms with Gasteiger partial charge in [0.25, 0.3) is 0 Å². The minimum Gasteiger partial charge on any atom is -0.508 e. The molecule has 0 fully saturated rings. The summed E-state index contributed by atoms with van der Waals surface area (Å²) in [7, 11) is 0. The van der Waals surface area contributed by atoms with Gasteiger partial charge in [-0.15, -0.1) is 0 Å². The summed E-state index contributed by atoms with van der Waals surface area (Å²) >= 11 is 0. The fourth-order valence-corrected chi connectivity index (χ4v) is 2.22. The molecule has 2 heteroatoms. The van der Waals surface area contributed by atoms with E-state index in [1.807, 2.05) is 12.1 Å². The summed E-state index contributed by atoms with van der Waals surface area (Å²) in [6.45, 7) is 0. The third-order valence-corrected chi connectivity index (χ3v) is 3.10. The molecule has 3 N–H and O–H groups in total. The van der Waals surface area contributed by atoms with Crippen LogP contribution < -0.4 is 5.73 Å². The van der Waals surface area contributed by atoms with Crippen molar-refractivity contribution < 1.29 is 5.11 Å². The highest BCUT2D eigenvalue weighted by molar-refractivity contribution is 5.29. The monoisotopic (exact) mass is 217 g/mol. The molecular weight excluding hydrogens is 198 g/mol. The summed E-state index contributed by atoms with van der Waals surface area (Å²) in [5, 5.41) is 9.21. The van der Waals surface area contributed by atoms with Gasteiger partial charge in [0.2, 0.25) is 0 Å². The standard InChI is InChI=1S/C14H19NO/c15-13-4-2-1-3-12(10-13)9-11-5-7-14(16)8-6-11/h5-8,10,13,16H,1-4,9,15H2. The van der Waals surface area contributed by atoms with Crippen LogP contribution in [0.15, 0.2) is 35.9 Å². The highest BCUT2D eigenvalue weighted by atomic mass is 16.3. The lowest BCUT2D eigenvalue weighted by Gasteiger charge is -2.07. The van der Waals surface area contributed by atoms with Gasteiger partial charge in [-0.05, 0) is 43.4 Å². The van der Waals surface area contributed by atoms with Gasteiger partial charge in [-0.1, -0.05) is 30.2 Å². The average Bonchev–Trinajstić information content (AvgIpc) is 2.46. The van der Waals surface area contributed by atoms with Crippen molar-refractivity contribution in [3.05, 3.63) is 41.5 Å². The minimum atomic E-state index is 0.231. The first-order valence-corrected chi connectivity index (χ1v) is 5.97. The van der Waals surface area contributed by atoms with Gasteiger partial charge in [-0.2, -0.15) is 0 Å². The fraction of sp³-hybridized carbons (Fsp3) is 0.429. The summed E-state index contributed by atoms with van der Waals surface area (Å²) in [5.41, 5.74) is 8.68. The van der Waals surface area contributed by atoms with Gasteiger partial charge in [0.05, 0.1) is 0 Å². The van der Waals surface area contributed by atoms with Crippen LogP contribution in [0.25, 0.3) is 0 Å². The number of hydrogen-bond donors (Lipinski definition) is 2. The Kier molecular flexibility index (Phi) is 3.62. The summed E-state index contributed by atoms with van der Waals surface area (Å²) in [6, 6.07) is 7.67. The Balaban J connectivity index is 2.05. The molecule has 0 saturated heterocycles. The van der Waals surface area contributed by atoms with Gasteiger partial charge in [0.15, 0.2) is 0 Å². The smallest absolute Gasteiger partial charge is 0.115 e. The van der Waals surface area contributed by atoms with Crippen LogP contribution in [-0.2, 0) is 6.42 Å². The van der Waals surface area contributed by atoms with Crippen LogP contribution in [0, 0.1) is 0 Å². The number of aromatic hydroxyl groups is 1. The van der Waals surface area contributed by atoms with Gasteiger partial charge in [-0.25, -0.2) is 0 Å². The van der Waals surface area contributed by atoms with Gasteiger partial charge in [0.1, 0.15) is 5.75 Å². The molecule has 16 heavy (non-hydrogen) atoms. The largest absolute Gasteiger partial charge is 0.508 e. The molecule has 86 valence electrons. The van der Waals surface area contributed by atoms with Crippen LogP contribution in [0.3, 0.4) is 0 Å². The molecule has 1 aliphatic carbocycles. The molecule has 0 saturated carbocycles. The third kappa shape index (κ3) is 3.11. The highest BCUT2D eigenvalue weighted by Gasteiger charge is 2.08. The van der Waals surface area contributed by atoms with Gasteiger partial charge in [0, 0.05) is 6.04 Å².